The van der Waals surface area contributed by atoms with Crippen molar-refractivity contribution in [2.75, 3.05) is 6.54 Å². The first kappa shape index (κ1) is 13.0. The van der Waals surface area contributed by atoms with E-state index in [9.17, 15) is 9.90 Å². The van der Waals surface area contributed by atoms with E-state index in [2.05, 4.69) is 5.32 Å². The average molecular weight is 244 g/mol. The average Bonchev–Trinajstić information content (AvgIpc) is 2.20. The minimum Gasteiger partial charge on any atom is -0.479 e. The molecule has 4 nitrogen and oxygen atoms in total. The van der Waals surface area contributed by atoms with E-state index in [1.807, 2.05) is 12.1 Å². The van der Waals surface area contributed by atoms with Crippen molar-refractivity contribution in [1.82, 2.24) is 5.32 Å². The van der Waals surface area contributed by atoms with Gasteiger partial charge in [-0.1, -0.05) is 23.7 Å². The van der Waals surface area contributed by atoms with Crippen molar-refractivity contribution in [2.45, 2.75) is 19.1 Å². The number of aliphatic carboxylic acids is 1. The van der Waals surface area contributed by atoms with E-state index in [1.165, 1.54) is 6.92 Å². The van der Waals surface area contributed by atoms with Gasteiger partial charge >= 0.3 is 5.97 Å². The van der Waals surface area contributed by atoms with Crippen molar-refractivity contribution in [1.29, 1.82) is 0 Å². The van der Waals surface area contributed by atoms with Crippen molar-refractivity contribution in [3.05, 3.63) is 34.9 Å². The molecule has 0 aliphatic heterocycles. The highest BCUT2D eigenvalue weighted by Crippen LogP contribution is 2.09. The summed E-state index contributed by atoms with van der Waals surface area (Å²) in [6.07, 6.45) is 0. The first-order chi connectivity index (χ1) is 7.42. The molecule has 1 rings (SSSR count). The lowest BCUT2D eigenvalue weighted by Crippen LogP contribution is -2.44. The molecule has 0 aliphatic carbocycles. The van der Waals surface area contributed by atoms with Crippen LogP contribution < -0.4 is 5.32 Å². The van der Waals surface area contributed by atoms with Gasteiger partial charge < -0.3 is 15.5 Å². The van der Waals surface area contributed by atoms with Crippen LogP contribution in [0.5, 0.6) is 0 Å². The molecular formula is C11H14ClNO3. The Bertz CT molecular complexity index is 362. The summed E-state index contributed by atoms with van der Waals surface area (Å²) in [5.74, 6) is -1.24. The van der Waals surface area contributed by atoms with Gasteiger partial charge in [0, 0.05) is 18.1 Å². The van der Waals surface area contributed by atoms with Crippen LogP contribution in [0.25, 0.3) is 0 Å². The monoisotopic (exact) mass is 243 g/mol. The molecule has 1 aromatic rings. The molecule has 1 atom stereocenters. The van der Waals surface area contributed by atoms with Crippen LogP contribution in [0.15, 0.2) is 24.3 Å². The van der Waals surface area contributed by atoms with Gasteiger partial charge in [0.25, 0.3) is 0 Å². The maximum atomic E-state index is 10.6. The van der Waals surface area contributed by atoms with Crippen LogP contribution in [0, 0.1) is 0 Å². The van der Waals surface area contributed by atoms with Crippen molar-refractivity contribution < 1.29 is 15.0 Å². The van der Waals surface area contributed by atoms with Gasteiger partial charge in [-0.05, 0) is 24.6 Å². The molecule has 0 fully saturated rings. The number of nitrogens with one attached hydrogen (secondary N) is 1. The first-order valence-electron chi connectivity index (χ1n) is 4.83. The Balaban J connectivity index is 2.41. The third kappa shape index (κ3) is 3.81. The summed E-state index contributed by atoms with van der Waals surface area (Å²) >= 11 is 5.72. The molecule has 0 saturated heterocycles. The van der Waals surface area contributed by atoms with Gasteiger partial charge in [-0.25, -0.2) is 4.79 Å². The van der Waals surface area contributed by atoms with Crippen molar-refractivity contribution in [3.63, 3.8) is 0 Å². The fourth-order valence-electron chi connectivity index (χ4n) is 1.13. The molecular weight excluding hydrogens is 230 g/mol. The quantitative estimate of drug-likeness (QED) is 0.728. The van der Waals surface area contributed by atoms with Gasteiger partial charge in [0.1, 0.15) is 0 Å². The van der Waals surface area contributed by atoms with Gasteiger partial charge in [-0.15, -0.1) is 0 Å². The molecule has 1 aromatic carbocycles. The summed E-state index contributed by atoms with van der Waals surface area (Å²) in [5.41, 5.74) is -0.766. The number of halogens is 1. The van der Waals surface area contributed by atoms with Gasteiger partial charge in [0.2, 0.25) is 0 Å². The summed E-state index contributed by atoms with van der Waals surface area (Å²) in [6.45, 7) is 1.73. The molecule has 3 N–H and O–H groups in total. The van der Waals surface area contributed by atoms with Crippen LogP contribution >= 0.6 is 11.6 Å². The maximum absolute atomic E-state index is 10.6. The zero-order valence-electron chi connectivity index (χ0n) is 8.90. The zero-order chi connectivity index (χ0) is 12.2. The smallest absolute Gasteiger partial charge is 0.336 e. The second-order valence-electron chi connectivity index (χ2n) is 3.81. The third-order valence-electron chi connectivity index (χ3n) is 2.17. The lowest BCUT2D eigenvalue weighted by Gasteiger charge is -2.18. The SMILES string of the molecule is CC(O)(CNCc1ccc(Cl)cc1)C(=O)O. The molecule has 0 aromatic heterocycles. The van der Waals surface area contributed by atoms with Crippen molar-refractivity contribution in [3.8, 4) is 0 Å². The van der Waals surface area contributed by atoms with E-state index >= 15 is 0 Å². The van der Waals surface area contributed by atoms with Crippen LogP contribution in [0.2, 0.25) is 5.02 Å². The van der Waals surface area contributed by atoms with E-state index in [0.717, 1.165) is 5.56 Å². The maximum Gasteiger partial charge on any atom is 0.336 e. The molecule has 0 aliphatic rings. The molecule has 1 unspecified atom stereocenters. The Kier molecular flexibility index (Phi) is 4.29. The Morgan fingerprint density at radius 3 is 2.50 bits per heavy atom. The molecule has 0 bridgehead atoms. The van der Waals surface area contributed by atoms with E-state index in [-0.39, 0.29) is 6.54 Å². The highest BCUT2D eigenvalue weighted by Gasteiger charge is 2.28. The Morgan fingerprint density at radius 1 is 1.44 bits per heavy atom. The van der Waals surface area contributed by atoms with Crippen molar-refractivity contribution >= 4 is 17.6 Å². The molecule has 16 heavy (non-hydrogen) atoms. The van der Waals surface area contributed by atoms with Crippen LogP contribution in [0.4, 0.5) is 0 Å². The predicted molar refractivity (Wildman–Crippen MR) is 61.4 cm³/mol. The van der Waals surface area contributed by atoms with Crippen molar-refractivity contribution in [2.24, 2.45) is 0 Å². The molecule has 0 spiro atoms. The third-order valence-corrected chi connectivity index (χ3v) is 2.42. The van der Waals surface area contributed by atoms with Crippen LogP contribution in [0.3, 0.4) is 0 Å². The summed E-state index contributed by atoms with van der Waals surface area (Å²) in [6, 6.07) is 7.19. The number of carbonyl (C=O) groups is 1. The number of hydrogen-bond donors (Lipinski definition) is 3. The Labute approximate surface area is 98.9 Å². The van der Waals surface area contributed by atoms with E-state index in [1.54, 1.807) is 12.1 Å². The summed E-state index contributed by atoms with van der Waals surface area (Å²) in [5, 5.41) is 21.6. The van der Waals surface area contributed by atoms with E-state index in [4.69, 9.17) is 16.7 Å². The van der Waals surface area contributed by atoms with Crippen LogP contribution in [-0.4, -0.2) is 28.3 Å². The Morgan fingerprint density at radius 2 is 2.00 bits per heavy atom. The van der Waals surface area contributed by atoms with Crippen LogP contribution in [0.1, 0.15) is 12.5 Å². The molecule has 0 amide bonds. The van der Waals surface area contributed by atoms with E-state index in [0.29, 0.717) is 11.6 Å². The second-order valence-corrected chi connectivity index (χ2v) is 4.25. The number of rotatable bonds is 5. The standard InChI is InChI=1S/C11H14ClNO3/c1-11(16,10(14)15)7-13-6-8-2-4-9(12)5-3-8/h2-5,13,16H,6-7H2,1H3,(H,14,15). The zero-order valence-corrected chi connectivity index (χ0v) is 9.66. The second kappa shape index (κ2) is 5.30. The number of aliphatic hydroxyl groups is 1. The highest BCUT2D eigenvalue weighted by molar-refractivity contribution is 6.30. The fourth-order valence-corrected chi connectivity index (χ4v) is 1.25. The molecule has 0 radical (unpaired) electrons. The summed E-state index contributed by atoms with van der Waals surface area (Å²) in [4.78, 5) is 10.6. The first-order valence-corrected chi connectivity index (χ1v) is 5.20. The summed E-state index contributed by atoms with van der Waals surface area (Å²) in [7, 11) is 0. The largest absolute Gasteiger partial charge is 0.479 e. The number of carboxylic acid groups (broad SMARTS) is 1. The number of hydrogen-bond acceptors (Lipinski definition) is 3. The van der Waals surface area contributed by atoms with Gasteiger partial charge in [0.15, 0.2) is 5.60 Å². The normalized spacial score (nSPS) is 14.4. The lowest BCUT2D eigenvalue weighted by atomic mass is 10.1. The fraction of sp³-hybridized carbons (Fsp3) is 0.364. The highest BCUT2D eigenvalue weighted by atomic mass is 35.5. The number of carboxylic acids is 1. The number of benzene rings is 1. The molecule has 5 heteroatoms. The van der Waals surface area contributed by atoms with Crippen LogP contribution in [-0.2, 0) is 11.3 Å². The molecule has 0 heterocycles. The Hall–Kier alpha value is -1.10. The summed E-state index contributed by atoms with van der Waals surface area (Å²) < 4.78 is 0. The lowest BCUT2D eigenvalue weighted by molar-refractivity contribution is -0.156. The molecule has 88 valence electrons. The van der Waals surface area contributed by atoms with Gasteiger partial charge in [0.05, 0.1) is 0 Å². The minimum atomic E-state index is -1.74. The predicted octanol–water partition coefficient (Wildman–Crippen LogP) is 1.27. The molecule has 0 saturated carbocycles. The minimum absolute atomic E-state index is 0.00897. The topological polar surface area (TPSA) is 69.6 Å². The van der Waals surface area contributed by atoms with Gasteiger partial charge in [-0.2, -0.15) is 0 Å². The van der Waals surface area contributed by atoms with E-state index < -0.39 is 11.6 Å². The van der Waals surface area contributed by atoms with Gasteiger partial charge in [-0.3, -0.25) is 0 Å².